The van der Waals surface area contributed by atoms with Crippen molar-refractivity contribution < 1.29 is 34.5 Å². The third kappa shape index (κ3) is 10.7. The first-order valence-electron chi connectivity index (χ1n) is 11.6. The Kier molecular flexibility index (Phi) is 12.2. The molecule has 0 bridgehead atoms. The first-order valence-corrected chi connectivity index (χ1v) is 11.6. The summed E-state index contributed by atoms with van der Waals surface area (Å²) in [7, 11) is 0. The van der Waals surface area contributed by atoms with E-state index in [4.69, 9.17) is 10.8 Å². The number of rotatable bonds is 14. The fraction of sp³-hybridized carbons (Fsp3) is 0.583. The molecule has 11 nitrogen and oxygen atoms in total. The van der Waals surface area contributed by atoms with Crippen LogP contribution in [0.25, 0.3) is 0 Å². The number of aliphatic hydroxyl groups excluding tert-OH is 1. The van der Waals surface area contributed by atoms with Gasteiger partial charge in [0, 0.05) is 6.42 Å². The van der Waals surface area contributed by atoms with Crippen LogP contribution in [-0.4, -0.2) is 69.8 Å². The largest absolute Gasteiger partial charge is 0.508 e. The summed E-state index contributed by atoms with van der Waals surface area (Å²) in [5, 5.41) is 35.4. The van der Waals surface area contributed by atoms with E-state index in [2.05, 4.69) is 16.0 Å². The molecule has 0 heterocycles. The third-order valence-corrected chi connectivity index (χ3v) is 5.21. The topological polar surface area (TPSA) is 191 Å². The number of hydrogen-bond acceptors (Lipinski definition) is 7. The molecule has 0 spiro atoms. The van der Waals surface area contributed by atoms with Gasteiger partial charge in [-0.3, -0.25) is 14.4 Å². The van der Waals surface area contributed by atoms with Crippen LogP contribution >= 0.6 is 0 Å². The van der Waals surface area contributed by atoms with Gasteiger partial charge in [-0.25, -0.2) is 4.79 Å². The summed E-state index contributed by atoms with van der Waals surface area (Å²) in [5.74, 6) is -3.13. The van der Waals surface area contributed by atoms with Crippen LogP contribution in [0, 0.1) is 11.8 Å². The van der Waals surface area contributed by atoms with E-state index >= 15 is 0 Å². The Morgan fingerprint density at radius 3 is 1.77 bits per heavy atom. The Bertz CT molecular complexity index is 858. The van der Waals surface area contributed by atoms with Crippen molar-refractivity contribution >= 4 is 23.7 Å². The summed E-state index contributed by atoms with van der Waals surface area (Å²) in [6, 6.07) is 1.41. The number of amides is 3. The molecule has 11 heteroatoms. The molecule has 0 aliphatic rings. The van der Waals surface area contributed by atoms with E-state index < -0.39 is 54.5 Å². The van der Waals surface area contributed by atoms with Gasteiger partial charge >= 0.3 is 5.97 Å². The highest BCUT2D eigenvalue weighted by Gasteiger charge is 2.30. The number of aromatic hydroxyl groups is 1. The lowest BCUT2D eigenvalue weighted by atomic mass is 9.99. The molecular weight excluding hydrogens is 456 g/mol. The average Bonchev–Trinajstić information content (AvgIpc) is 2.76. The molecule has 1 aromatic carbocycles. The van der Waals surface area contributed by atoms with Crippen LogP contribution in [0.3, 0.4) is 0 Å². The monoisotopic (exact) mass is 494 g/mol. The zero-order valence-corrected chi connectivity index (χ0v) is 20.7. The summed E-state index contributed by atoms with van der Waals surface area (Å²) in [6.45, 7) is 6.77. The molecule has 0 aliphatic carbocycles. The summed E-state index contributed by atoms with van der Waals surface area (Å²) in [6.07, 6.45) is 0.699. The minimum atomic E-state index is -1.55. The lowest BCUT2D eigenvalue weighted by Crippen LogP contribution is -2.58. The second-order valence-electron chi connectivity index (χ2n) is 9.44. The van der Waals surface area contributed by atoms with Crippen LogP contribution in [0.5, 0.6) is 5.75 Å². The Labute approximate surface area is 205 Å². The molecule has 8 N–H and O–H groups in total. The minimum absolute atomic E-state index is 0.0162. The maximum absolute atomic E-state index is 13.2. The summed E-state index contributed by atoms with van der Waals surface area (Å²) in [4.78, 5) is 49.8. The van der Waals surface area contributed by atoms with Gasteiger partial charge in [0.25, 0.3) is 0 Å². The number of nitrogens with two attached hydrogens (primary N) is 1. The van der Waals surface area contributed by atoms with Gasteiger partial charge < -0.3 is 37.0 Å². The van der Waals surface area contributed by atoms with Crippen molar-refractivity contribution in [2.45, 2.75) is 71.1 Å². The standard InChI is InChI=1S/C24H38N4O7/c1-13(2)9-17(25)21(31)26-18(10-14(3)4)22(32)27-19(11-15-5-7-16(30)8-6-15)23(33)28-20(12-29)24(34)35/h5-8,13-14,17-20,29-30H,9-12,25H2,1-4H3,(H,26,31)(H,27,32)(H,28,33)(H,34,35). The number of aliphatic hydroxyl groups is 1. The minimum Gasteiger partial charge on any atom is -0.508 e. The van der Waals surface area contributed by atoms with E-state index in [1.54, 1.807) is 12.1 Å². The fourth-order valence-electron chi connectivity index (χ4n) is 3.40. The van der Waals surface area contributed by atoms with Crippen molar-refractivity contribution in [2.75, 3.05) is 6.61 Å². The van der Waals surface area contributed by atoms with Gasteiger partial charge in [0.1, 0.15) is 23.9 Å². The highest BCUT2D eigenvalue weighted by atomic mass is 16.4. The van der Waals surface area contributed by atoms with Gasteiger partial charge in [-0.05, 0) is 42.4 Å². The first kappa shape index (κ1) is 29.9. The Morgan fingerprint density at radius 2 is 1.29 bits per heavy atom. The zero-order valence-electron chi connectivity index (χ0n) is 20.7. The number of nitrogens with one attached hydrogen (secondary N) is 3. The van der Waals surface area contributed by atoms with Crippen LogP contribution in [0.4, 0.5) is 0 Å². The van der Waals surface area contributed by atoms with E-state index in [0.717, 1.165) is 0 Å². The maximum atomic E-state index is 13.2. The number of carbonyl (C=O) groups is 4. The molecule has 35 heavy (non-hydrogen) atoms. The summed E-state index contributed by atoms with van der Waals surface area (Å²) < 4.78 is 0. The number of hydrogen-bond donors (Lipinski definition) is 7. The van der Waals surface area contributed by atoms with Gasteiger partial charge in [-0.15, -0.1) is 0 Å². The second kappa shape index (κ2) is 14.3. The van der Waals surface area contributed by atoms with Crippen LogP contribution in [0.2, 0.25) is 0 Å². The van der Waals surface area contributed by atoms with Crippen molar-refractivity contribution in [3.05, 3.63) is 29.8 Å². The maximum Gasteiger partial charge on any atom is 0.328 e. The van der Waals surface area contributed by atoms with E-state index in [0.29, 0.717) is 12.0 Å². The molecule has 0 aromatic heterocycles. The molecule has 4 unspecified atom stereocenters. The Morgan fingerprint density at radius 1 is 0.800 bits per heavy atom. The van der Waals surface area contributed by atoms with E-state index in [9.17, 15) is 29.4 Å². The summed E-state index contributed by atoms with van der Waals surface area (Å²) in [5.41, 5.74) is 6.54. The van der Waals surface area contributed by atoms with Crippen LogP contribution in [0.15, 0.2) is 24.3 Å². The number of carboxylic acids is 1. The van der Waals surface area contributed by atoms with Crippen LogP contribution in [0.1, 0.15) is 46.1 Å². The normalized spacial score (nSPS) is 14.6. The van der Waals surface area contributed by atoms with Gasteiger partial charge in [0.2, 0.25) is 17.7 Å². The van der Waals surface area contributed by atoms with Gasteiger partial charge in [0.05, 0.1) is 12.6 Å². The van der Waals surface area contributed by atoms with Gasteiger partial charge in [-0.2, -0.15) is 0 Å². The Hall–Kier alpha value is -3.18. The van der Waals surface area contributed by atoms with Crippen molar-refractivity contribution in [2.24, 2.45) is 17.6 Å². The second-order valence-corrected chi connectivity index (χ2v) is 9.44. The van der Waals surface area contributed by atoms with Gasteiger partial charge in [-0.1, -0.05) is 39.8 Å². The molecule has 1 aromatic rings. The lowest BCUT2D eigenvalue weighted by Gasteiger charge is -2.26. The van der Waals surface area contributed by atoms with Gasteiger partial charge in [0.15, 0.2) is 0 Å². The number of phenols is 1. The number of carbonyl (C=O) groups excluding carboxylic acids is 3. The molecule has 0 fully saturated rings. The van der Waals surface area contributed by atoms with E-state index in [-0.39, 0.29) is 30.4 Å². The van der Waals surface area contributed by atoms with Crippen molar-refractivity contribution in [1.82, 2.24) is 16.0 Å². The summed E-state index contributed by atoms with van der Waals surface area (Å²) >= 11 is 0. The average molecular weight is 495 g/mol. The van der Waals surface area contributed by atoms with Crippen LogP contribution < -0.4 is 21.7 Å². The highest BCUT2D eigenvalue weighted by Crippen LogP contribution is 2.13. The smallest absolute Gasteiger partial charge is 0.328 e. The fourth-order valence-corrected chi connectivity index (χ4v) is 3.40. The number of benzene rings is 1. The number of phenolic OH excluding ortho intramolecular Hbond substituents is 1. The molecule has 196 valence electrons. The molecule has 3 amide bonds. The molecule has 1 rings (SSSR count). The zero-order chi connectivity index (χ0) is 26.7. The Balaban J connectivity index is 3.11. The molecule has 0 aliphatic heterocycles. The van der Waals surface area contributed by atoms with E-state index in [1.165, 1.54) is 12.1 Å². The molecule has 0 radical (unpaired) electrons. The first-order chi connectivity index (χ1) is 16.3. The quantitative estimate of drug-likeness (QED) is 0.186. The molecule has 4 atom stereocenters. The van der Waals surface area contributed by atoms with Crippen molar-refractivity contribution in [3.63, 3.8) is 0 Å². The highest BCUT2D eigenvalue weighted by molar-refractivity contribution is 5.94. The van der Waals surface area contributed by atoms with Crippen molar-refractivity contribution in [3.8, 4) is 5.75 Å². The third-order valence-electron chi connectivity index (χ3n) is 5.21. The van der Waals surface area contributed by atoms with E-state index in [1.807, 2.05) is 27.7 Å². The molecule has 0 saturated carbocycles. The number of carboxylic acid groups (broad SMARTS) is 1. The van der Waals surface area contributed by atoms with Crippen molar-refractivity contribution in [1.29, 1.82) is 0 Å². The predicted molar refractivity (Wildman–Crippen MR) is 129 cm³/mol. The SMILES string of the molecule is CC(C)CC(N)C(=O)NC(CC(C)C)C(=O)NC(Cc1ccc(O)cc1)C(=O)NC(CO)C(=O)O. The van der Waals surface area contributed by atoms with Crippen LogP contribution in [-0.2, 0) is 25.6 Å². The molecule has 0 saturated heterocycles. The lowest BCUT2D eigenvalue weighted by molar-refractivity contribution is -0.143. The number of aliphatic carboxylic acids is 1. The predicted octanol–water partition coefficient (Wildman–Crippen LogP) is -0.114. The molecular formula is C24H38N4O7.